The van der Waals surface area contributed by atoms with Crippen molar-refractivity contribution in [1.82, 2.24) is 0 Å². The van der Waals surface area contributed by atoms with Crippen LogP contribution in [0.25, 0.3) is 0 Å². The van der Waals surface area contributed by atoms with Crippen LogP contribution in [0, 0.1) is 11.7 Å². The summed E-state index contributed by atoms with van der Waals surface area (Å²) in [5.41, 5.74) is -0.0958. The number of ether oxygens (including phenoxy) is 1. The molecule has 0 aliphatic heterocycles. The molecule has 104 valence electrons. The number of halogens is 2. The summed E-state index contributed by atoms with van der Waals surface area (Å²) in [6.07, 6.45) is 4.28. The summed E-state index contributed by atoms with van der Waals surface area (Å²) in [5.74, 6) is -1.29. The molecule has 19 heavy (non-hydrogen) atoms. The number of rotatable bonds is 3. The van der Waals surface area contributed by atoms with Gasteiger partial charge in [-0.1, -0.05) is 13.3 Å². The maximum Gasteiger partial charge on any atom is 0.336 e. The summed E-state index contributed by atoms with van der Waals surface area (Å²) in [6.45, 7) is 2.10. The van der Waals surface area contributed by atoms with Gasteiger partial charge in [0.2, 0.25) is 0 Å². The predicted molar refractivity (Wildman–Crippen MR) is 73.1 cm³/mol. The van der Waals surface area contributed by atoms with Crippen molar-refractivity contribution in [2.75, 3.05) is 0 Å². The molecule has 2 rings (SSSR count). The highest BCUT2D eigenvalue weighted by molar-refractivity contribution is 9.10. The maximum atomic E-state index is 14.1. The SMILES string of the molecule is CC1CCCCC1Oc1ccc(C(=O)O)c(Br)c1F. The highest BCUT2D eigenvalue weighted by Crippen LogP contribution is 2.33. The lowest BCUT2D eigenvalue weighted by atomic mass is 9.88. The van der Waals surface area contributed by atoms with Gasteiger partial charge in [-0.05, 0) is 53.2 Å². The molecular formula is C14H16BrFO3. The summed E-state index contributed by atoms with van der Waals surface area (Å²) in [4.78, 5) is 10.9. The molecule has 0 radical (unpaired) electrons. The molecule has 5 heteroatoms. The Labute approximate surface area is 119 Å². The van der Waals surface area contributed by atoms with Crippen LogP contribution in [-0.4, -0.2) is 17.2 Å². The number of carbonyl (C=O) groups is 1. The van der Waals surface area contributed by atoms with Gasteiger partial charge in [-0.3, -0.25) is 0 Å². The van der Waals surface area contributed by atoms with Crippen LogP contribution in [0.5, 0.6) is 5.75 Å². The third-order valence-corrected chi connectivity index (χ3v) is 4.36. The lowest BCUT2D eigenvalue weighted by Gasteiger charge is -2.29. The van der Waals surface area contributed by atoms with Gasteiger partial charge >= 0.3 is 5.97 Å². The van der Waals surface area contributed by atoms with Crippen LogP contribution in [0.2, 0.25) is 0 Å². The van der Waals surface area contributed by atoms with E-state index in [9.17, 15) is 9.18 Å². The van der Waals surface area contributed by atoms with Crippen LogP contribution in [0.4, 0.5) is 4.39 Å². The van der Waals surface area contributed by atoms with Crippen LogP contribution in [0.15, 0.2) is 16.6 Å². The highest BCUT2D eigenvalue weighted by Gasteiger charge is 2.25. The quantitative estimate of drug-likeness (QED) is 0.901. The molecule has 0 saturated heterocycles. The van der Waals surface area contributed by atoms with Crippen LogP contribution >= 0.6 is 15.9 Å². The monoisotopic (exact) mass is 330 g/mol. The van der Waals surface area contributed by atoms with E-state index < -0.39 is 11.8 Å². The summed E-state index contributed by atoms with van der Waals surface area (Å²) < 4.78 is 19.7. The summed E-state index contributed by atoms with van der Waals surface area (Å²) >= 11 is 2.98. The lowest BCUT2D eigenvalue weighted by molar-refractivity contribution is 0.0694. The van der Waals surface area contributed by atoms with E-state index >= 15 is 0 Å². The van der Waals surface area contributed by atoms with Crippen LogP contribution in [0.1, 0.15) is 43.0 Å². The fourth-order valence-electron chi connectivity index (χ4n) is 2.41. The third-order valence-electron chi connectivity index (χ3n) is 3.59. The van der Waals surface area contributed by atoms with Crippen LogP contribution in [0.3, 0.4) is 0 Å². The Morgan fingerprint density at radius 1 is 1.42 bits per heavy atom. The van der Waals surface area contributed by atoms with E-state index in [2.05, 4.69) is 22.9 Å². The van der Waals surface area contributed by atoms with Crippen LogP contribution < -0.4 is 4.74 Å². The van der Waals surface area contributed by atoms with E-state index in [1.807, 2.05) is 0 Å². The van der Waals surface area contributed by atoms with Gasteiger partial charge in [-0.25, -0.2) is 9.18 Å². The first-order chi connectivity index (χ1) is 9.00. The smallest absolute Gasteiger partial charge is 0.336 e. The van der Waals surface area contributed by atoms with Gasteiger partial charge in [-0.2, -0.15) is 0 Å². The van der Waals surface area contributed by atoms with Crippen LogP contribution in [-0.2, 0) is 0 Å². The molecule has 1 N–H and O–H groups in total. The Bertz CT molecular complexity index is 490. The minimum Gasteiger partial charge on any atom is -0.487 e. The van der Waals surface area contributed by atoms with Crippen molar-refractivity contribution in [2.45, 2.75) is 38.7 Å². The number of hydrogen-bond donors (Lipinski definition) is 1. The molecule has 3 nitrogen and oxygen atoms in total. The number of hydrogen-bond acceptors (Lipinski definition) is 2. The van der Waals surface area contributed by atoms with Crippen molar-refractivity contribution in [1.29, 1.82) is 0 Å². The zero-order valence-corrected chi connectivity index (χ0v) is 12.2. The van der Waals surface area contributed by atoms with Crippen molar-refractivity contribution < 1.29 is 19.0 Å². The minimum absolute atomic E-state index is 0.00540. The van der Waals surface area contributed by atoms with Gasteiger partial charge in [0.05, 0.1) is 10.0 Å². The maximum absolute atomic E-state index is 14.1. The van der Waals surface area contributed by atoms with Gasteiger partial charge < -0.3 is 9.84 Å². The first-order valence-electron chi connectivity index (χ1n) is 6.38. The Hall–Kier alpha value is -1.10. The Morgan fingerprint density at radius 2 is 2.11 bits per heavy atom. The molecule has 1 aromatic carbocycles. The fraction of sp³-hybridized carbons (Fsp3) is 0.500. The molecule has 0 amide bonds. The Morgan fingerprint density at radius 3 is 2.74 bits per heavy atom. The van der Waals surface area contributed by atoms with E-state index in [1.54, 1.807) is 0 Å². The Kier molecular flexibility index (Phi) is 4.45. The number of carboxylic acid groups (broad SMARTS) is 1. The van der Waals surface area contributed by atoms with Crippen molar-refractivity contribution >= 4 is 21.9 Å². The second kappa shape index (κ2) is 5.90. The first-order valence-corrected chi connectivity index (χ1v) is 7.18. The van der Waals surface area contributed by atoms with E-state index in [0.29, 0.717) is 5.92 Å². The van der Waals surface area contributed by atoms with Gasteiger partial charge in [0.1, 0.15) is 6.10 Å². The average molecular weight is 331 g/mol. The third kappa shape index (κ3) is 3.08. The molecule has 1 aliphatic rings. The lowest BCUT2D eigenvalue weighted by Crippen LogP contribution is -2.28. The van der Waals surface area contributed by atoms with Crippen molar-refractivity contribution in [3.05, 3.63) is 28.0 Å². The highest BCUT2D eigenvalue weighted by atomic mass is 79.9. The molecule has 2 unspecified atom stereocenters. The zero-order valence-electron chi connectivity index (χ0n) is 10.7. The molecule has 2 atom stereocenters. The van der Waals surface area contributed by atoms with Gasteiger partial charge in [-0.15, -0.1) is 0 Å². The van der Waals surface area contributed by atoms with Crippen molar-refractivity contribution in [3.8, 4) is 5.75 Å². The predicted octanol–water partition coefficient (Wildman–Crippen LogP) is 4.24. The van der Waals surface area contributed by atoms with Crippen molar-refractivity contribution in [3.63, 3.8) is 0 Å². The summed E-state index contributed by atoms with van der Waals surface area (Å²) in [7, 11) is 0. The van der Waals surface area contributed by atoms with Crippen molar-refractivity contribution in [2.24, 2.45) is 5.92 Å². The first kappa shape index (κ1) is 14.3. The topological polar surface area (TPSA) is 46.5 Å². The summed E-state index contributed by atoms with van der Waals surface area (Å²) in [5, 5.41) is 8.91. The van der Waals surface area contributed by atoms with E-state index in [-0.39, 0.29) is 21.9 Å². The molecule has 1 aromatic rings. The van der Waals surface area contributed by atoms with E-state index in [4.69, 9.17) is 9.84 Å². The second-order valence-electron chi connectivity index (χ2n) is 4.96. The molecule has 0 heterocycles. The molecule has 1 aliphatic carbocycles. The molecule has 0 spiro atoms. The van der Waals surface area contributed by atoms with Gasteiger partial charge in [0.15, 0.2) is 11.6 Å². The number of aromatic carboxylic acids is 1. The molecular weight excluding hydrogens is 315 g/mol. The molecule has 1 fully saturated rings. The number of benzene rings is 1. The van der Waals surface area contributed by atoms with Gasteiger partial charge in [0.25, 0.3) is 0 Å². The molecule has 0 bridgehead atoms. The summed E-state index contributed by atoms with van der Waals surface area (Å²) in [6, 6.07) is 2.75. The molecule has 1 saturated carbocycles. The zero-order chi connectivity index (χ0) is 14.0. The molecule has 0 aromatic heterocycles. The minimum atomic E-state index is -1.16. The average Bonchev–Trinajstić information content (AvgIpc) is 2.37. The van der Waals surface area contributed by atoms with E-state index in [1.165, 1.54) is 18.6 Å². The Balaban J connectivity index is 2.21. The van der Waals surface area contributed by atoms with Gasteiger partial charge in [0, 0.05) is 0 Å². The normalized spacial score (nSPS) is 23.1. The standard InChI is InChI=1S/C14H16BrFO3/c1-8-4-2-3-5-10(8)19-11-7-6-9(14(17)18)12(15)13(11)16/h6-8,10H,2-5H2,1H3,(H,17,18). The largest absolute Gasteiger partial charge is 0.487 e. The second-order valence-corrected chi connectivity index (χ2v) is 5.76. The van der Waals surface area contributed by atoms with E-state index in [0.717, 1.165) is 19.3 Å². The number of carboxylic acids is 1. The fourth-order valence-corrected chi connectivity index (χ4v) is 2.91.